The lowest BCUT2D eigenvalue weighted by Gasteiger charge is -2.10. The number of carbonyl (C=O) groups is 1. The third-order valence-corrected chi connectivity index (χ3v) is 3.23. The van der Waals surface area contributed by atoms with E-state index in [4.69, 9.17) is 27.9 Å². The molecule has 0 amide bonds. The molecule has 1 aromatic carbocycles. The Morgan fingerprint density at radius 3 is 2.44 bits per heavy atom. The van der Waals surface area contributed by atoms with Crippen LogP contribution in [0.5, 0.6) is 5.75 Å². The van der Waals surface area contributed by atoms with Gasteiger partial charge in [-0.05, 0) is 25.0 Å². The van der Waals surface area contributed by atoms with Crippen molar-refractivity contribution in [1.82, 2.24) is 0 Å². The van der Waals surface area contributed by atoms with Crippen LogP contribution in [0.25, 0.3) is 0 Å². The Labute approximate surface area is 124 Å². The van der Waals surface area contributed by atoms with Gasteiger partial charge < -0.3 is 9.47 Å². The monoisotopic (exact) mass is 354 g/mol. The fraction of sp³-hybridized carbons (Fsp3) is 0.417. The van der Waals surface area contributed by atoms with Crippen LogP contribution < -0.4 is 4.74 Å². The molecule has 3 nitrogen and oxygen atoms in total. The summed E-state index contributed by atoms with van der Waals surface area (Å²) < 4.78 is 10.8. The van der Waals surface area contributed by atoms with Crippen LogP contribution in [0, 0.1) is 0 Å². The van der Waals surface area contributed by atoms with E-state index in [-0.39, 0.29) is 5.97 Å². The molecule has 0 aliphatic heterocycles. The first kappa shape index (κ1) is 15.6. The van der Waals surface area contributed by atoms with Crippen LogP contribution in [0.4, 0.5) is 0 Å². The van der Waals surface area contributed by atoms with Gasteiger partial charge in [0.05, 0.1) is 23.8 Å². The molecule has 18 heavy (non-hydrogen) atoms. The normalized spacial score (nSPS) is 10.2. The first-order valence-electron chi connectivity index (χ1n) is 5.38. The molecule has 1 aromatic rings. The Balaban J connectivity index is 2.38. The summed E-state index contributed by atoms with van der Waals surface area (Å²) in [6, 6.07) is 3.44. The number of methoxy groups -OCH3 is 1. The lowest BCUT2D eigenvalue weighted by Crippen LogP contribution is -2.03. The zero-order chi connectivity index (χ0) is 13.5. The van der Waals surface area contributed by atoms with Crippen molar-refractivity contribution < 1.29 is 14.3 Å². The van der Waals surface area contributed by atoms with E-state index in [1.54, 1.807) is 12.1 Å². The maximum absolute atomic E-state index is 10.9. The van der Waals surface area contributed by atoms with Gasteiger partial charge in [-0.2, -0.15) is 0 Å². The van der Waals surface area contributed by atoms with Crippen molar-refractivity contribution in [2.45, 2.75) is 19.3 Å². The van der Waals surface area contributed by atoms with Gasteiger partial charge in [-0.3, -0.25) is 4.79 Å². The first-order chi connectivity index (χ1) is 8.54. The maximum atomic E-state index is 10.9. The lowest BCUT2D eigenvalue weighted by molar-refractivity contribution is -0.140. The molecule has 0 saturated carbocycles. The van der Waals surface area contributed by atoms with Gasteiger partial charge in [0.15, 0.2) is 5.75 Å². The van der Waals surface area contributed by atoms with Gasteiger partial charge in [-0.15, -0.1) is 0 Å². The van der Waals surface area contributed by atoms with Crippen LogP contribution >= 0.6 is 39.1 Å². The summed E-state index contributed by atoms with van der Waals surface area (Å²) in [5, 5.41) is 0.921. The van der Waals surface area contributed by atoms with Crippen LogP contribution in [0.1, 0.15) is 19.3 Å². The zero-order valence-electron chi connectivity index (χ0n) is 9.84. The number of ether oxygens (including phenoxy) is 2. The molecule has 0 N–H and O–H groups in total. The van der Waals surface area contributed by atoms with Crippen molar-refractivity contribution in [3.8, 4) is 5.75 Å². The molecule has 0 bridgehead atoms. The van der Waals surface area contributed by atoms with E-state index < -0.39 is 0 Å². The second-order valence-corrected chi connectivity index (χ2v) is 5.31. The van der Waals surface area contributed by atoms with E-state index in [2.05, 4.69) is 20.7 Å². The fourth-order valence-corrected chi connectivity index (χ4v) is 2.63. The molecule has 0 fully saturated rings. The van der Waals surface area contributed by atoms with Crippen molar-refractivity contribution >= 4 is 45.1 Å². The molecular formula is C12H13BrCl2O3. The van der Waals surface area contributed by atoms with Crippen LogP contribution in [-0.4, -0.2) is 19.7 Å². The predicted molar refractivity (Wildman–Crippen MR) is 75.5 cm³/mol. The number of benzene rings is 1. The number of unbranched alkanes of at least 4 members (excludes halogenated alkanes) is 1. The molecule has 0 aliphatic rings. The van der Waals surface area contributed by atoms with Gasteiger partial charge in [0.2, 0.25) is 0 Å². The van der Waals surface area contributed by atoms with Crippen LogP contribution in [-0.2, 0) is 9.53 Å². The van der Waals surface area contributed by atoms with Gasteiger partial charge in [0.1, 0.15) is 0 Å². The Morgan fingerprint density at radius 2 is 1.89 bits per heavy atom. The summed E-state index contributed by atoms with van der Waals surface area (Å²) in [5.41, 5.74) is 0. The van der Waals surface area contributed by atoms with Gasteiger partial charge >= 0.3 is 5.97 Å². The van der Waals surface area contributed by atoms with Crippen molar-refractivity contribution in [2.75, 3.05) is 13.7 Å². The Kier molecular flexibility index (Phi) is 6.82. The SMILES string of the molecule is COC(=O)CCCCOc1c(Cl)cc(Br)cc1Cl. The number of esters is 1. The van der Waals surface area contributed by atoms with E-state index in [1.165, 1.54) is 7.11 Å². The Bertz CT molecular complexity index is 401. The third-order valence-electron chi connectivity index (χ3n) is 2.21. The summed E-state index contributed by atoms with van der Waals surface area (Å²) in [5.74, 6) is 0.259. The molecule has 100 valence electrons. The largest absolute Gasteiger partial charge is 0.490 e. The van der Waals surface area contributed by atoms with E-state index in [9.17, 15) is 4.79 Å². The van der Waals surface area contributed by atoms with Crippen molar-refractivity contribution in [2.24, 2.45) is 0 Å². The number of carbonyl (C=O) groups excluding carboxylic acids is 1. The minimum absolute atomic E-state index is 0.213. The highest BCUT2D eigenvalue weighted by Gasteiger charge is 2.09. The number of rotatable bonds is 6. The molecule has 6 heteroatoms. The molecule has 0 radical (unpaired) electrons. The van der Waals surface area contributed by atoms with Gasteiger partial charge in [-0.25, -0.2) is 0 Å². The summed E-state index contributed by atoms with van der Waals surface area (Å²) in [6.07, 6.45) is 1.83. The molecular weight excluding hydrogens is 343 g/mol. The second kappa shape index (κ2) is 7.87. The van der Waals surface area contributed by atoms with Gasteiger partial charge in [0, 0.05) is 10.9 Å². The Hall–Kier alpha value is -0.450. The molecule has 0 saturated heterocycles. The van der Waals surface area contributed by atoms with Crippen molar-refractivity contribution in [3.63, 3.8) is 0 Å². The van der Waals surface area contributed by atoms with Crippen LogP contribution in [0.2, 0.25) is 10.0 Å². The zero-order valence-corrected chi connectivity index (χ0v) is 12.9. The number of halogens is 3. The standard InChI is InChI=1S/C12H13BrCl2O3/c1-17-11(16)4-2-3-5-18-12-9(14)6-8(13)7-10(12)15/h6-7H,2-5H2,1H3. The topological polar surface area (TPSA) is 35.5 Å². The smallest absolute Gasteiger partial charge is 0.305 e. The summed E-state index contributed by atoms with van der Waals surface area (Å²) in [4.78, 5) is 10.9. The summed E-state index contributed by atoms with van der Waals surface area (Å²) in [7, 11) is 1.38. The minimum atomic E-state index is -0.213. The van der Waals surface area contributed by atoms with Gasteiger partial charge in [0.25, 0.3) is 0 Å². The van der Waals surface area contributed by atoms with Crippen molar-refractivity contribution in [1.29, 1.82) is 0 Å². The van der Waals surface area contributed by atoms with Gasteiger partial charge in [-0.1, -0.05) is 39.1 Å². The predicted octanol–water partition coefficient (Wildman–Crippen LogP) is 4.48. The number of hydrogen-bond donors (Lipinski definition) is 0. The van der Waals surface area contributed by atoms with E-state index in [1.807, 2.05) is 0 Å². The highest BCUT2D eigenvalue weighted by atomic mass is 79.9. The number of hydrogen-bond acceptors (Lipinski definition) is 3. The van der Waals surface area contributed by atoms with E-state index in [0.29, 0.717) is 35.2 Å². The Morgan fingerprint density at radius 1 is 1.28 bits per heavy atom. The first-order valence-corrected chi connectivity index (χ1v) is 6.93. The molecule has 0 aromatic heterocycles. The summed E-state index contributed by atoms with van der Waals surface area (Å²) in [6.45, 7) is 0.456. The molecule has 0 atom stereocenters. The molecule has 1 rings (SSSR count). The molecule has 0 heterocycles. The fourth-order valence-electron chi connectivity index (χ4n) is 1.31. The average Bonchev–Trinajstić information content (AvgIpc) is 2.31. The maximum Gasteiger partial charge on any atom is 0.305 e. The summed E-state index contributed by atoms with van der Waals surface area (Å²) >= 11 is 15.3. The van der Waals surface area contributed by atoms with Crippen molar-refractivity contribution in [3.05, 3.63) is 26.7 Å². The quantitative estimate of drug-likeness (QED) is 0.557. The highest BCUT2D eigenvalue weighted by molar-refractivity contribution is 9.10. The van der Waals surface area contributed by atoms with E-state index in [0.717, 1.165) is 10.9 Å². The molecule has 0 unspecified atom stereocenters. The second-order valence-electron chi connectivity index (χ2n) is 3.58. The highest BCUT2D eigenvalue weighted by Crippen LogP contribution is 2.35. The third kappa shape index (κ3) is 5.04. The van der Waals surface area contributed by atoms with Crippen LogP contribution in [0.15, 0.2) is 16.6 Å². The molecule has 0 spiro atoms. The lowest BCUT2D eigenvalue weighted by atomic mass is 10.2. The average molecular weight is 356 g/mol. The molecule has 0 aliphatic carbocycles. The minimum Gasteiger partial charge on any atom is -0.490 e. The van der Waals surface area contributed by atoms with Crippen LogP contribution in [0.3, 0.4) is 0 Å². The van der Waals surface area contributed by atoms with E-state index >= 15 is 0 Å².